The molecule has 0 aromatic heterocycles. The molecule has 0 aromatic rings. The summed E-state index contributed by atoms with van der Waals surface area (Å²) < 4.78 is 0. The Morgan fingerprint density at radius 2 is 1.78 bits per heavy atom. The van der Waals surface area contributed by atoms with Crippen LogP contribution in [-0.4, -0.2) is 65.8 Å². The minimum Gasteiger partial charge on any atom is -0.479 e. The number of nitrogens with zero attached hydrogens (tertiary/aromatic N) is 1. The van der Waals surface area contributed by atoms with Crippen LogP contribution in [0.4, 0.5) is 4.79 Å². The molecular weight excluding hydrogens is 242 g/mol. The quantitative estimate of drug-likeness (QED) is 0.469. The molecule has 0 saturated heterocycles. The Morgan fingerprint density at radius 1 is 1.22 bits per heavy atom. The van der Waals surface area contributed by atoms with E-state index in [0.29, 0.717) is 0 Å². The molecule has 3 amide bonds. The molecule has 0 aliphatic heterocycles. The Hall–Kier alpha value is -1.83. The number of hydrogen-bond acceptors (Lipinski definition) is 4. The van der Waals surface area contributed by atoms with Gasteiger partial charge in [0.1, 0.15) is 0 Å². The van der Waals surface area contributed by atoms with Crippen molar-refractivity contribution in [2.75, 3.05) is 27.2 Å². The van der Waals surface area contributed by atoms with Crippen molar-refractivity contribution in [2.24, 2.45) is 0 Å². The van der Waals surface area contributed by atoms with Gasteiger partial charge in [0.2, 0.25) is 5.91 Å². The maximum Gasteiger partial charge on any atom is 0.337 e. The van der Waals surface area contributed by atoms with Crippen LogP contribution in [0.1, 0.15) is 13.3 Å². The molecule has 0 bridgehead atoms. The van der Waals surface area contributed by atoms with E-state index in [0.717, 1.165) is 6.92 Å². The van der Waals surface area contributed by atoms with Gasteiger partial charge in [0.15, 0.2) is 5.60 Å². The standard InChI is InChI=1S/C10H19N3O5/c1-10(18,8(15)16)6-12-9(17)11-5-4-7(14)13(2)3/h18H,4-6H2,1-3H3,(H,15,16)(H2,11,12,17). The van der Waals surface area contributed by atoms with E-state index in [2.05, 4.69) is 10.6 Å². The van der Waals surface area contributed by atoms with Gasteiger partial charge in [0.05, 0.1) is 6.54 Å². The van der Waals surface area contributed by atoms with Crippen molar-refractivity contribution in [3.63, 3.8) is 0 Å². The first-order valence-corrected chi connectivity index (χ1v) is 5.34. The molecule has 1 atom stereocenters. The molecule has 0 spiro atoms. The maximum absolute atomic E-state index is 11.2. The molecule has 0 fully saturated rings. The number of carboxylic acids is 1. The van der Waals surface area contributed by atoms with Crippen LogP contribution in [0.15, 0.2) is 0 Å². The lowest BCUT2D eigenvalue weighted by Gasteiger charge is -2.18. The molecule has 0 rings (SSSR count). The monoisotopic (exact) mass is 261 g/mol. The smallest absolute Gasteiger partial charge is 0.337 e. The van der Waals surface area contributed by atoms with Crippen molar-refractivity contribution in [3.05, 3.63) is 0 Å². The largest absolute Gasteiger partial charge is 0.479 e. The zero-order valence-electron chi connectivity index (χ0n) is 10.7. The van der Waals surface area contributed by atoms with Crippen LogP contribution in [-0.2, 0) is 9.59 Å². The van der Waals surface area contributed by atoms with E-state index < -0.39 is 24.1 Å². The molecule has 1 unspecified atom stereocenters. The highest BCUT2D eigenvalue weighted by Gasteiger charge is 2.30. The molecule has 0 aliphatic carbocycles. The number of amides is 3. The Balaban J connectivity index is 3.87. The number of carboxylic acid groups (broad SMARTS) is 1. The molecule has 0 heterocycles. The van der Waals surface area contributed by atoms with Crippen LogP contribution in [0.25, 0.3) is 0 Å². The van der Waals surface area contributed by atoms with Gasteiger partial charge in [0, 0.05) is 27.1 Å². The summed E-state index contributed by atoms with van der Waals surface area (Å²) in [6.07, 6.45) is 0.149. The summed E-state index contributed by atoms with van der Waals surface area (Å²) in [6.45, 7) is 0.791. The minimum atomic E-state index is -2.02. The topological polar surface area (TPSA) is 119 Å². The van der Waals surface area contributed by atoms with E-state index in [-0.39, 0.29) is 18.9 Å². The van der Waals surface area contributed by atoms with Gasteiger partial charge in [-0.3, -0.25) is 4.79 Å². The van der Waals surface area contributed by atoms with Crippen LogP contribution < -0.4 is 10.6 Å². The van der Waals surface area contributed by atoms with Crippen LogP contribution >= 0.6 is 0 Å². The number of urea groups is 1. The van der Waals surface area contributed by atoms with Crippen LogP contribution in [0.5, 0.6) is 0 Å². The molecule has 4 N–H and O–H groups in total. The van der Waals surface area contributed by atoms with Gasteiger partial charge >= 0.3 is 12.0 Å². The highest BCUT2D eigenvalue weighted by molar-refractivity contribution is 5.80. The van der Waals surface area contributed by atoms with Gasteiger partial charge in [-0.1, -0.05) is 0 Å². The first kappa shape index (κ1) is 16.2. The van der Waals surface area contributed by atoms with Crippen LogP contribution in [0.3, 0.4) is 0 Å². The lowest BCUT2D eigenvalue weighted by molar-refractivity contribution is -0.155. The number of carbonyl (C=O) groups excluding carboxylic acids is 2. The summed E-state index contributed by atoms with van der Waals surface area (Å²) in [5.41, 5.74) is -2.02. The summed E-state index contributed by atoms with van der Waals surface area (Å²) in [5.74, 6) is -1.56. The summed E-state index contributed by atoms with van der Waals surface area (Å²) in [6, 6.07) is -0.636. The third-order valence-electron chi connectivity index (χ3n) is 2.18. The maximum atomic E-state index is 11.2. The predicted octanol–water partition coefficient (Wildman–Crippen LogP) is -1.40. The average molecular weight is 261 g/mol. The fraction of sp³-hybridized carbons (Fsp3) is 0.700. The van der Waals surface area contributed by atoms with Gasteiger partial charge in [0.25, 0.3) is 0 Å². The molecule has 104 valence electrons. The predicted molar refractivity (Wildman–Crippen MR) is 63.0 cm³/mol. The van der Waals surface area contributed by atoms with Crippen molar-refractivity contribution in [1.29, 1.82) is 0 Å². The fourth-order valence-corrected chi connectivity index (χ4v) is 0.897. The van der Waals surface area contributed by atoms with Crippen LogP contribution in [0.2, 0.25) is 0 Å². The molecule has 8 nitrogen and oxygen atoms in total. The van der Waals surface area contributed by atoms with Crippen molar-refractivity contribution in [2.45, 2.75) is 18.9 Å². The molecular formula is C10H19N3O5. The van der Waals surface area contributed by atoms with E-state index in [4.69, 9.17) is 5.11 Å². The number of aliphatic hydroxyl groups is 1. The van der Waals surface area contributed by atoms with Gasteiger partial charge in [-0.15, -0.1) is 0 Å². The third kappa shape index (κ3) is 6.04. The van der Waals surface area contributed by atoms with E-state index in [1.54, 1.807) is 14.1 Å². The zero-order valence-corrected chi connectivity index (χ0v) is 10.7. The second-order valence-corrected chi connectivity index (χ2v) is 4.23. The third-order valence-corrected chi connectivity index (χ3v) is 2.18. The first-order chi connectivity index (χ1) is 8.16. The Kier molecular flexibility index (Phi) is 6.11. The second-order valence-electron chi connectivity index (χ2n) is 4.23. The first-order valence-electron chi connectivity index (χ1n) is 5.34. The van der Waals surface area contributed by atoms with Crippen molar-refractivity contribution >= 4 is 17.9 Å². The van der Waals surface area contributed by atoms with Gasteiger partial charge < -0.3 is 25.7 Å². The minimum absolute atomic E-state index is 0.132. The van der Waals surface area contributed by atoms with Gasteiger partial charge in [-0.25, -0.2) is 9.59 Å². The SMILES string of the molecule is CN(C)C(=O)CCNC(=O)NCC(C)(O)C(=O)O. The Morgan fingerprint density at radius 3 is 2.22 bits per heavy atom. The Labute approximate surface area is 105 Å². The highest BCUT2D eigenvalue weighted by Crippen LogP contribution is 2.00. The summed E-state index contributed by atoms with van der Waals surface area (Å²) in [5, 5.41) is 22.5. The highest BCUT2D eigenvalue weighted by atomic mass is 16.4. The molecule has 0 aliphatic rings. The number of nitrogens with one attached hydrogen (secondary N) is 2. The summed E-state index contributed by atoms with van der Waals surface area (Å²) in [4.78, 5) is 34.3. The summed E-state index contributed by atoms with van der Waals surface area (Å²) >= 11 is 0. The van der Waals surface area contributed by atoms with Crippen molar-refractivity contribution < 1.29 is 24.6 Å². The van der Waals surface area contributed by atoms with E-state index in [1.807, 2.05) is 0 Å². The number of hydrogen-bond donors (Lipinski definition) is 4. The zero-order chi connectivity index (χ0) is 14.3. The Bertz CT molecular complexity index is 327. The average Bonchev–Trinajstić information content (AvgIpc) is 2.26. The summed E-state index contributed by atoms with van der Waals surface area (Å²) in [7, 11) is 3.21. The number of carbonyl (C=O) groups is 3. The van der Waals surface area contributed by atoms with Gasteiger partial charge in [-0.2, -0.15) is 0 Å². The van der Waals surface area contributed by atoms with Crippen LogP contribution in [0, 0.1) is 0 Å². The normalized spacial score (nSPS) is 13.3. The van der Waals surface area contributed by atoms with Crippen molar-refractivity contribution in [3.8, 4) is 0 Å². The fourth-order valence-electron chi connectivity index (χ4n) is 0.897. The molecule has 0 saturated carbocycles. The molecule has 0 aromatic carbocycles. The van der Waals surface area contributed by atoms with Crippen molar-refractivity contribution in [1.82, 2.24) is 15.5 Å². The lowest BCUT2D eigenvalue weighted by Crippen LogP contribution is -2.49. The van der Waals surface area contributed by atoms with E-state index in [9.17, 15) is 19.5 Å². The number of aliphatic carboxylic acids is 1. The molecule has 18 heavy (non-hydrogen) atoms. The van der Waals surface area contributed by atoms with E-state index >= 15 is 0 Å². The molecule has 0 radical (unpaired) electrons. The molecule has 8 heteroatoms. The second kappa shape index (κ2) is 6.80. The van der Waals surface area contributed by atoms with Gasteiger partial charge in [-0.05, 0) is 6.92 Å². The lowest BCUT2D eigenvalue weighted by atomic mass is 10.1. The van der Waals surface area contributed by atoms with E-state index in [1.165, 1.54) is 4.90 Å². The number of rotatable bonds is 6.